The van der Waals surface area contributed by atoms with Gasteiger partial charge in [0.05, 0.1) is 18.8 Å². The van der Waals surface area contributed by atoms with Crippen molar-refractivity contribution in [3.05, 3.63) is 45.9 Å². The molecule has 2 heterocycles. The van der Waals surface area contributed by atoms with Gasteiger partial charge >= 0.3 is 30.0 Å². The van der Waals surface area contributed by atoms with E-state index in [-0.39, 0.29) is 97.3 Å². The Morgan fingerprint density at radius 2 is 1.45 bits per heavy atom. The third kappa shape index (κ3) is 31.3. The van der Waals surface area contributed by atoms with Crippen LogP contribution in [-0.4, -0.2) is 239 Å². The minimum Gasteiger partial charge on any atom is -0.508 e. The molecular weight excluding hydrogens is 1400 g/mol. The van der Waals surface area contributed by atoms with Crippen molar-refractivity contribution in [3.8, 4) is 5.75 Å². The van der Waals surface area contributed by atoms with E-state index in [1.165, 1.54) is 36.3 Å². The van der Waals surface area contributed by atoms with Crippen molar-refractivity contribution in [1.82, 2.24) is 52.2 Å². The zero-order valence-corrected chi connectivity index (χ0v) is 61.6. The first kappa shape index (κ1) is 88.8. The standard InChI is InChI=1S/C66H104N10O23S3/c1-10-15-54(85)98-35-76(64(93)55(37(6)11-2)72-62(92)47-16-13-14-25-75(47)9)48(36(4)5)30-51(99-39(8)78)63-71-45(33-100-63)61(91)68-42(29-40-17-20-43(79)21-18-40)28-38(7)58(88)73-74-66(96)97-26-27-101-102-34-46(65(94)95)70-60(90)44(69-59(89)41(12-3)19-24-53(83)84)22-23-52(82)67-31-49(80)56(86)57(87)50(81)32-77/h17-18,20-21,33,36-38,41-42,44,46-51,55-57,77,79-81,86-87H,10-16,19,22-32,34-35H2,1-9H3,(H,67,82)(H,68,91)(H,69,89)(H,70,90)(H,72,92)(H,73,88)(H,74,96)(H,83,84)(H,94,95)/t37?,38-,41-,42+,44-,46-,47+,48+,49-,50+,51+,55-,56+,57+/m0/s1. The van der Waals surface area contributed by atoms with Crippen LogP contribution in [-0.2, 0) is 68.6 Å². The number of likely N-dealkylation sites (N-methyl/N-ethyl adjacent to an activating group) is 1. The molecule has 102 heavy (non-hydrogen) atoms. The number of aromatic nitrogens is 1. The molecule has 2 aromatic rings. The number of rotatable bonds is 46. The van der Waals surface area contributed by atoms with Crippen LogP contribution in [0.25, 0.3) is 0 Å². The number of hydrogen-bond acceptors (Lipinski definition) is 26. The van der Waals surface area contributed by atoms with Gasteiger partial charge in [0.25, 0.3) is 5.91 Å². The number of aliphatic carboxylic acids is 2. The number of hydrogen-bond donors (Lipinski definition) is 15. The van der Waals surface area contributed by atoms with Gasteiger partial charge in [0.15, 0.2) is 12.8 Å². The zero-order valence-electron chi connectivity index (χ0n) is 59.2. The quantitative estimate of drug-likeness (QED) is 0.0112. The van der Waals surface area contributed by atoms with Gasteiger partial charge in [-0.25, -0.2) is 20.0 Å². The summed E-state index contributed by atoms with van der Waals surface area (Å²) in [6.07, 6.45) is -7.49. The normalized spacial score (nSPS) is 17.0. The molecule has 0 aliphatic carbocycles. The Bertz CT molecular complexity index is 3040. The van der Waals surface area contributed by atoms with Crippen LogP contribution in [0.5, 0.6) is 5.75 Å². The molecule has 36 heteroatoms. The van der Waals surface area contributed by atoms with Crippen LogP contribution in [0.2, 0.25) is 0 Å². The van der Waals surface area contributed by atoms with Crippen molar-refractivity contribution in [1.29, 1.82) is 0 Å². The number of nitrogens with zero attached hydrogens (tertiary/aromatic N) is 3. The smallest absolute Gasteiger partial charge is 0.426 e. The Labute approximate surface area is 605 Å². The fourth-order valence-corrected chi connectivity index (χ4v) is 13.6. The van der Waals surface area contributed by atoms with Gasteiger partial charge in [-0.15, -0.1) is 11.3 Å². The van der Waals surface area contributed by atoms with Gasteiger partial charge in [-0.05, 0) is 94.5 Å². The van der Waals surface area contributed by atoms with Gasteiger partial charge < -0.3 is 86.5 Å². The van der Waals surface area contributed by atoms with Gasteiger partial charge in [-0.1, -0.05) is 95.0 Å². The van der Waals surface area contributed by atoms with Gasteiger partial charge in [0.2, 0.25) is 35.4 Å². The lowest BCUT2D eigenvalue weighted by molar-refractivity contribution is -0.160. The summed E-state index contributed by atoms with van der Waals surface area (Å²) in [5, 5.41) is 92.6. The number of likely N-dealkylation sites (tertiary alicyclic amines) is 1. The van der Waals surface area contributed by atoms with E-state index in [1.807, 2.05) is 46.6 Å². The third-order valence-electron chi connectivity index (χ3n) is 17.1. The Morgan fingerprint density at radius 1 is 0.775 bits per heavy atom. The second kappa shape index (κ2) is 46.3. The van der Waals surface area contributed by atoms with E-state index in [4.69, 9.17) is 19.3 Å². The Morgan fingerprint density at radius 3 is 2.06 bits per heavy atom. The SMILES string of the molecule is CCCC(=O)OCN(C(=O)[C@@H](NC(=O)[C@H]1CCCCN1C)C(C)CC)[C@H](C[C@@H](OC(C)=O)c1nc(C(=O)N[C@@H](Cc2ccc(O)cc2)C[C@H](C)C(=O)NNC(=O)OCCSSC[C@H](NC(=O)[C@H](CCC(=O)NC[C@H](O)[C@@H](O)[C@H](O)[C@H](O)CO)NC(=O)[C@@H](CC)CCC(=O)O)C(=O)O)cs1)C(C)C. The lowest BCUT2D eigenvalue weighted by Gasteiger charge is -2.39. The van der Waals surface area contributed by atoms with Crippen molar-refractivity contribution >= 4 is 104 Å². The lowest BCUT2D eigenvalue weighted by Crippen LogP contribution is -2.59. The highest BCUT2D eigenvalue weighted by molar-refractivity contribution is 8.76. The zero-order chi connectivity index (χ0) is 76.3. The minimum atomic E-state index is -1.99. The van der Waals surface area contributed by atoms with Crippen LogP contribution < -0.4 is 37.4 Å². The number of benzene rings is 1. The molecule has 0 bridgehead atoms. The number of aliphatic hydroxyl groups excluding tert-OH is 5. The molecule has 1 aromatic carbocycles. The number of carboxylic acid groups (broad SMARTS) is 2. The molecule has 1 aromatic heterocycles. The molecular formula is C66H104N10O23S3. The number of carbonyl (C=O) groups is 12. The molecule has 1 fully saturated rings. The molecule has 1 unspecified atom stereocenters. The van der Waals surface area contributed by atoms with E-state index in [1.54, 1.807) is 19.1 Å². The highest BCUT2D eigenvalue weighted by Crippen LogP contribution is 2.33. The number of esters is 2. The van der Waals surface area contributed by atoms with Gasteiger partial charge in [-0.3, -0.25) is 58.3 Å². The van der Waals surface area contributed by atoms with Crippen LogP contribution in [0.15, 0.2) is 29.6 Å². The lowest BCUT2D eigenvalue weighted by atomic mass is 9.92. The number of hydrazine groups is 1. The largest absolute Gasteiger partial charge is 0.508 e. The van der Waals surface area contributed by atoms with Crippen molar-refractivity contribution in [2.24, 2.45) is 23.7 Å². The predicted molar refractivity (Wildman–Crippen MR) is 374 cm³/mol. The van der Waals surface area contributed by atoms with Crippen molar-refractivity contribution in [3.63, 3.8) is 0 Å². The maximum atomic E-state index is 15.0. The number of phenols is 1. The van der Waals surface area contributed by atoms with E-state index < -0.39 is 177 Å². The van der Waals surface area contributed by atoms with Crippen LogP contribution in [0.3, 0.4) is 0 Å². The number of ether oxygens (including phenoxy) is 3. The number of aromatic hydroxyl groups is 1. The summed E-state index contributed by atoms with van der Waals surface area (Å²) in [4.78, 5) is 166. The number of carboxylic acids is 2. The molecule has 15 N–H and O–H groups in total. The Kier molecular flexibility index (Phi) is 40.3. The predicted octanol–water partition coefficient (Wildman–Crippen LogP) is 1.80. The molecule has 0 spiro atoms. The van der Waals surface area contributed by atoms with Crippen LogP contribution >= 0.6 is 32.9 Å². The first-order chi connectivity index (χ1) is 48.2. The van der Waals surface area contributed by atoms with Crippen molar-refractivity contribution in [2.45, 2.75) is 212 Å². The van der Waals surface area contributed by atoms with Crippen molar-refractivity contribution < 1.29 is 113 Å². The molecule has 0 saturated carbocycles. The van der Waals surface area contributed by atoms with Crippen LogP contribution in [0.1, 0.15) is 166 Å². The van der Waals surface area contributed by atoms with E-state index in [2.05, 4.69) is 42.4 Å². The van der Waals surface area contributed by atoms with E-state index in [0.717, 1.165) is 52.3 Å². The highest BCUT2D eigenvalue weighted by atomic mass is 33.1. The van der Waals surface area contributed by atoms with Gasteiger partial charge in [0.1, 0.15) is 59.5 Å². The fraction of sp³-hybridized carbons (Fsp3) is 0.682. The molecule has 3 rings (SSSR count). The molecule has 1 saturated heterocycles. The number of phenolic OH excluding ortho intramolecular Hbond substituents is 1. The molecule has 1 aliphatic rings. The van der Waals surface area contributed by atoms with E-state index >= 15 is 0 Å². The van der Waals surface area contributed by atoms with Crippen molar-refractivity contribution in [2.75, 3.05) is 51.6 Å². The topological polar surface area (TPSA) is 498 Å². The van der Waals surface area contributed by atoms with Gasteiger partial charge in [0, 0.05) is 80.0 Å². The number of amides is 8. The monoisotopic (exact) mass is 1500 g/mol. The summed E-state index contributed by atoms with van der Waals surface area (Å²) in [5.74, 6) is -11.4. The number of aliphatic hydroxyl groups is 5. The molecule has 33 nitrogen and oxygen atoms in total. The first-order valence-corrected chi connectivity index (χ1v) is 37.4. The maximum Gasteiger partial charge on any atom is 0.426 e. The summed E-state index contributed by atoms with van der Waals surface area (Å²) in [7, 11) is 3.86. The summed E-state index contributed by atoms with van der Waals surface area (Å²) in [6.45, 7) is 12.0. The average molecular weight is 1500 g/mol. The number of nitrogens with one attached hydrogen (secondary N) is 7. The second-order valence-electron chi connectivity index (χ2n) is 25.5. The van der Waals surface area contributed by atoms with Crippen LogP contribution in [0, 0.1) is 23.7 Å². The number of piperidine rings is 1. The number of thiazole rings is 1. The summed E-state index contributed by atoms with van der Waals surface area (Å²) in [5.41, 5.74) is 5.02. The Balaban J connectivity index is 1.69. The van der Waals surface area contributed by atoms with E-state index in [9.17, 15) is 93.3 Å². The van der Waals surface area contributed by atoms with E-state index in [0.29, 0.717) is 24.8 Å². The second-order valence-corrected chi connectivity index (χ2v) is 29.0. The Hall–Kier alpha value is -7.45. The summed E-state index contributed by atoms with van der Waals surface area (Å²) >= 11 is 1.02. The molecule has 0 radical (unpaired) electrons. The first-order valence-electron chi connectivity index (χ1n) is 34.1. The fourth-order valence-electron chi connectivity index (χ4n) is 10.8. The molecule has 8 amide bonds. The average Bonchev–Trinajstić information content (AvgIpc) is 1.24. The maximum absolute atomic E-state index is 15.0. The molecule has 574 valence electrons. The highest BCUT2D eigenvalue weighted by Gasteiger charge is 2.40. The molecule has 14 atom stereocenters. The van der Waals surface area contributed by atoms with Gasteiger partial charge in [-0.2, -0.15) is 0 Å². The number of carbonyl (C=O) groups excluding carboxylic acids is 10. The summed E-state index contributed by atoms with van der Waals surface area (Å²) < 4.78 is 16.7. The summed E-state index contributed by atoms with van der Waals surface area (Å²) in [6, 6.07) is 0.0154. The third-order valence-corrected chi connectivity index (χ3v) is 20.4. The van der Waals surface area contributed by atoms with Crippen LogP contribution in [0.4, 0.5) is 4.79 Å². The minimum absolute atomic E-state index is 0.0148. The molecule has 1 aliphatic heterocycles.